The lowest BCUT2D eigenvalue weighted by Crippen LogP contribution is -2.46. The molecule has 0 amide bonds. The number of aryl methyl sites for hydroxylation is 1. The molecule has 2 aliphatic rings. The average molecular weight is 423 g/mol. The summed E-state index contributed by atoms with van der Waals surface area (Å²) in [6, 6.07) is 13.1. The van der Waals surface area contributed by atoms with Crippen molar-refractivity contribution in [1.29, 1.82) is 0 Å². The molecular weight excluding hydrogens is 384 g/mol. The lowest BCUT2D eigenvalue weighted by Gasteiger charge is -2.37. The number of para-hydroxylation sites is 1. The summed E-state index contributed by atoms with van der Waals surface area (Å²) in [6.45, 7) is 14.2. The topological polar surface area (TPSA) is 40.6 Å². The SMILES string of the molecule is CCc1ccccc1N1CCN(CCCCOc2ccc3c(n2)NCCC3(C)C)CC1. The first-order chi connectivity index (χ1) is 15.1. The second-order valence-electron chi connectivity index (χ2n) is 9.47. The van der Waals surface area contributed by atoms with Crippen LogP contribution in [0.1, 0.15) is 51.2 Å². The Bertz CT molecular complexity index is 858. The van der Waals surface area contributed by atoms with E-state index in [9.17, 15) is 0 Å². The van der Waals surface area contributed by atoms with Gasteiger partial charge in [-0.05, 0) is 55.3 Å². The highest BCUT2D eigenvalue weighted by molar-refractivity contribution is 5.54. The molecule has 2 aliphatic heterocycles. The number of ether oxygens (including phenoxy) is 1. The monoisotopic (exact) mass is 422 g/mol. The fourth-order valence-corrected chi connectivity index (χ4v) is 4.78. The van der Waals surface area contributed by atoms with Crippen LogP contribution >= 0.6 is 0 Å². The summed E-state index contributed by atoms with van der Waals surface area (Å²) in [5.74, 6) is 1.74. The Balaban J connectivity index is 1.16. The van der Waals surface area contributed by atoms with Gasteiger partial charge in [-0.2, -0.15) is 4.98 Å². The zero-order chi connectivity index (χ0) is 21.7. The van der Waals surface area contributed by atoms with Gasteiger partial charge in [0, 0.05) is 50.0 Å². The van der Waals surface area contributed by atoms with Crippen molar-refractivity contribution in [1.82, 2.24) is 9.88 Å². The van der Waals surface area contributed by atoms with Crippen LogP contribution in [0.5, 0.6) is 5.88 Å². The zero-order valence-corrected chi connectivity index (χ0v) is 19.5. The number of hydrogen-bond acceptors (Lipinski definition) is 5. The molecule has 1 fully saturated rings. The van der Waals surface area contributed by atoms with Gasteiger partial charge in [0.05, 0.1) is 6.61 Å². The fourth-order valence-electron chi connectivity index (χ4n) is 4.78. The predicted octanol–water partition coefficient (Wildman–Crippen LogP) is 4.72. The number of piperazine rings is 1. The number of anilines is 2. The standard InChI is InChI=1S/C26H38N4O/c1-4-21-9-5-6-10-23(21)30-18-16-29(17-19-30)15-7-8-20-31-24-12-11-22-25(28-24)27-14-13-26(22,2)3/h5-6,9-12H,4,7-8,13-20H2,1-3H3,(H,27,28). The van der Waals surface area contributed by atoms with Crippen molar-refractivity contribution >= 4 is 11.5 Å². The van der Waals surface area contributed by atoms with Gasteiger partial charge >= 0.3 is 0 Å². The van der Waals surface area contributed by atoms with Gasteiger partial charge in [-0.3, -0.25) is 4.90 Å². The van der Waals surface area contributed by atoms with Crippen molar-refractivity contribution in [3.8, 4) is 5.88 Å². The van der Waals surface area contributed by atoms with Crippen molar-refractivity contribution in [2.24, 2.45) is 0 Å². The number of fused-ring (bicyclic) bond motifs is 1. The highest BCUT2D eigenvalue weighted by atomic mass is 16.5. The van der Waals surface area contributed by atoms with Gasteiger partial charge in [-0.1, -0.05) is 39.0 Å². The molecule has 0 radical (unpaired) electrons. The third-order valence-electron chi connectivity index (χ3n) is 6.85. The molecule has 2 aromatic rings. The van der Waals surface area contributed by atoms with E-state index in [1.807, 2.05) is 6.07 Å². The smallest absolute Gasteiger partial charge is 0.215 e. The second kappa shape index (κ2) is 9.90. The van der Waals surface area contributed by atoms with Gasteiger partial charge < -0.3 is 15.0 Å². The van der Waals surface area contributed by atoms with Crippen LogP contribution in [0.4, 0.5) is 11.5 Å². The Hall–Kier alpha value is -2.27. The normalized spacial score (nSPS) is 18.4. The van der Waals surface area contributed by atoms with E-state index in [4.69, 9.17) is 9.72 Å². The van der Waals surface area contributed by atoms with Gasteiger partial charge in [0.25, 0.3) is 0 Å². The fraction of sp³-hybridized carbons (Fsp3) is 0.577. The van der Waals surface area contributed by atoms with Gasteiger partial charge in [-0.25, -0.2) is 0 Å². The van der Waals surface area contributed by atoms with Crippen LogP contribution in [0.25, 0.3) is 0 Å². The van der Waals surface area contributed by atoms with Crippen molar-refractivity contribution in [3.63, 3.8) is 0 Å². The van der Waals surface area contributed by atoms with Crippen LogP contribution in [-0.2, 0) is 11.8 Å². The first-order valence-corrected chi connectivity index (χ1v) is 12.0. The minimum absolute atomic E-state index is 0.189. The minimum atomic E-state index is 0.189. The Labute approximate surface area is 187 Å². The number of benzene rings is 1. The van der Waals surface area contributed by atoms with Crippen molar-refractivity contribution < 1.29 is 4.74 Å². The van der Waals surface area contributed by atoms with E-state index in [0.717, 1.165) is 76.8 Å². The van der Waals surface area contributed by atoms with E-state index in [-0.39, 0.29) is 5.41 Å². The highest BCUT2D eigenvalue weighted by Crippen LogP contribution is 2.36. The third kappa shape index (κ3) is 5.32. The van der Waals surface area contributed by atoms with E-state index in [1.54, 1.807) is 0 Å². The minimum Gasteiger partial charge on any atom is -0.478 e. The first-order valence-electron chi connectivity index (χ1n) is 12.0. The number of pyridine rings is 1. The molecule has 0 saturated carbocycles. The molecule has 1 N–H and O–H groups in total. The number of rotatable bonds is 8. The number of hydrogen-bond donors (Lipinski definition) is 1. The largest absolute Gasteiger partial charge is 0.478 e. The van der Waals surface area contributed by atoms with Crippen molar-refractivity contribution in [2.75, 3.05) is 56.1 Å². The Morgan fingerprint density at radius 1 is 1.03 bits per heavy atom. The molecule has 5 nitrogen and oxygen atoms in total. The molecule has 3 heterocycles. The Morgan fingerprint density at radius 3 is 2.65 bits per heavy atom. The summed E-state index contributed by atoms with van der Waals surface area (Å²) in [5, 5.41) is 3.42. The zero-order valence-electron chi connectivity index (χ0n) is 19.5. The highest BCUT2D eigenvalue weighted by Gasteiger charge is 2.28. The maximum absolute atomic E-state index is 5.95. The van der Waals surface area contributed by atoms with Gasteiger partial charge in [0.1, 0.15) is 5.82 Å². The molecule has 5 heteroatoms. The van der Waals surface area contributed by atoms with Gasteiger partial charge in [0.15, 0.2) is 0 Å². The summed E-state index contributed by atoms with van der Waals surface area (Å²) in [5.41, 5.74) is 4.37. The van der Waals surface area contributed by atoms with Gasteiger partial charge in [-0.15, -0.1) is 0 Å². The van der Waals surface area contributed by atoms with Crippen molar-refractivity contribution in [2.45, 2.75) is 51.9 Å². The summed E-state index contributed by atoms with van der Waals surface area (Å²) in [6.07, 6.45) is 4.48. The van der Waals surface area contributed by atoms with Crippen molar-refractivity contribution in [3.05, 3.63) is 47.5 Å². The van der Waals surface area contributed by atoms with Crippen LogP contribution < -0.4 is 15.0 Å². The lowest BCUT2D eigenvalue weighted by molar-refractivity contribution is 0.236. The molecule has 1 aromatic carbocycles. The molecule has 1 aromatic heterocycles. The molecule has 4 rings (SSSR count). The van der Waals surface area contributed by atoms with E-state index >= 15 is 0 Å². The van der Waals surface area contributed by atoms with E-state index < -0.39 is 0 Å². The summed E-state index contributed by atoms with van der Waals surface area (Å²) in [4.78, 5) is 9.84. The molecule has 0 atom stereocenters. The predicted molar refractivity (Wildman–Crippen MR) is 130 cm³/mol. The molecule has 31 heavy (non-hydrogen) atoms. The maximum atomic E-state index is 5.95. The third-order valence-corrected chi connectivity index (χ3v) is 6.85. The number of nitrogens with zero attached hydrogens (tertiary/aromatic N) is 3. The molecule has 0 unspecified atom stereocenters. The average Bonchev–Trinajstić information content (AvgIpc) is 2.79. The van der Waals surface area contributed by atoms with Crippen LogP contribution in [0.15, 0.2) is 36.4 Å². The van der Waals surface area contributed by atoms with Crippen LogP contribution in [0, 0.1) is 0 Å². The van der Waals surface area contributed by atoms with Crippen LogP contribution in [0.2, 0.25) is 0 Å². The summed E-state index contributed by atoms with van der Waals surface area (Å²) >= 11 is 0. The van der Waals surface area contributed by atoms with Crippen LogP contribution in [-0.4, -0.2) is 55.8 Å². The number of aromatic nitrogens is 1. The van der Waals surface area contributed by atoms with E-state index in [0.29, 0.717) is 0 Å². The lowest BCUT2D eigenvalue weighted by atomic mass is 9.80. The van der Waals surface area contributed by atoms with Gasteiger partial charge in [0.2, 0.25) is 5.88 Å². The molecule has 1 saturated heterocycles. The Kier molecular flexibility index (Phi) is 7.01. The second-order valence-corrected chi connectivity index (χ2v) is 9.47. The Morgan fingerprint density at radius 2 is 1.84 bits per heavy atom. The molecule has 168 valence electrons. The molecular formula is C26H38N4O. The van der Waals surface area contributed by atoms with E-state index in [1.165, 1.54) is 23.2 Å². The summed E-state index contributed by atoms with van der Waals surface area (Å²) < 4.78 is 5.95. The molecule has 0 aliphatic carbocycles. The quantitative estimate of drug-likeness (QED) is 0.624. The molecule has 0 spiro atoms. The molecule has 0 bridgehead atoms. The van der Waals surface area contributed by atoms with Crippen LogP contribution in [0.3, 0.4) is 0 Å². The first kappa shape index (κ1) is 21.9. The number of unbranched alkanes of at least 4 members (excludes halogenated alkanes) is 1. The number of nitrogens with one attached hydrogen (secondary N) is 1. The maximum Gasteiger partial charge on any atom is 0.215 e. The van der Waals surface area contributed by atoms with E-state index in [2.05, 4.69) is 66.2 Å². The summed E-state index contributed by atoms with van der Waals surface area (Å²) in [7, 11) is 0.